The highest BCUT2D eigenvalue weighted by atomic mass is 19.1. The summed E-state index contributed by atoms with van der Waals surface area (Å²) in [5.41, 5.74) is 3.06. The molecule has 0 saturated heterocycles. The molecule has 0 unspecified atom stereocenters. The number of fused-ring (bicyclic) bond motifs is 1. The van der Waals surface area contributed by atoms with E-state index >= 15 is 4.39 Å². The van der Waals surface area contributed by atoms with Crippen molar-refractivity contribution in [3.63, 3.8) is 0 Å². The molecule has 0 spiro atoms. The Morgan fingerprint density at radius 3 is 2.80 bits per heavy atom. The number of ether oxygens (including phenoxy) is 2. The second-order valence-corrected chi connectivity index (χ2v) is 7.87. The molecule has 0 amide bonds. The Morgan fingerprint density at radius 2 is 2.03 bits per heavy atom. The molecular formula is C22H19FN2O5. The Hall–Kier alpha value is -3.39. The summed E-state index contributed by atoms with van der Waals surface area (Å²) >= 11 is 0. The Balaban J connectivity index is 1.79. The summed E-state index contributed by atoms with van der Waals surface area (Å²) in [4.78, 5) is 25.9. The number of aromatic nitrogens is 1. The van der Waals surface area contributed by atoms with Crippen molar-refractivity contribution in [2.75, 3.05) is 13.7 Å². The Bertz CT molecular complexity index is 1280. The minimum Gasteiger partial charge on any atom is -0.488 e. The van der Waals surface area contributed by atoms with E-state index in [1.807, 2.05) is 32.2 Å². The molecular weight excluding hydrogens is 391 g/mol. The van der Waals surface area contributed by atoms with Crippen LogP contribution in [-0.4, -0.2) is 34.4 Å². The lowest BCUT2D eigenvalue weighted by atomic mass is 9.96. The van der Waals surface area contributed by atoms with Gasteiger partial charge in [-0.05, 0) is 42.8 Å². The molecule has 30 heavy (non-hydrogen) atoms. The highest BCUT2D eigenvalue weighted by molar-refractivity contribution is 5.94. The molecule has 0 radical (unpaired) electrons. The van der Waals surface area contributed by atoms with E-state index in [1.165, 1.54) is 11.8 Å². The highest BCUT2D eigenvalue weighted by Gasteiger charge is 2.28. The van der Waals surface area contributed by atoms with E-state index in [9.17, 15) is 9.59 Å². The van der Waals surface area contributed by atoms with Crippen LogP contribution < -0.4 is 14.9 Å². The lowest BCUT2D eigenvalue weighted by Gasteiger charge is -2.28. The maximum absolute atomic E-state index is 15.3. The average molecular weight is 410 g/mol. The SMILES string of the molecule is C[C@H]1COc2c(-c3ccc4c(c3)CN(C)C4)c(F)cc3c(=O)c(OC(=O)O)cn1c23. The minimum atomic E-state index is -1.60. The predicted molar refractivity (Wildman–Crippen MR) is 108 cm³/mol. The van der Waals surface area contributed by atoms with Gasteiger partial charge >= 0.3 is 6.16 Å². The van der Waals surface area contributed by atoms with Crippen molar-refractivity contribution in [1.82, 2.24) is 9.47 Å². The number of hydrogen-bond donors (Lipinski definition) is 1. The second-order valence-electron chi connectivity index (χ2n) is 7.87. The van der Waals surface area contributed by atoms with E-state index in [1.54, 1.807) is 4.57 Å². The monoisotopic (exact) mass is 410 g/mol. The Morgan fingerprint density at radius 1 is 1.27 bits per heavy atom. The van der Waals surface area contributed by atoms with E-state index < -0.39 is 17.4 Å². The first-order valence-corrected chi connectivity index (χ1v) is 9.59. The summed E-state index contributed by atoms with van der Waals surface area (Å²) in [7, 11) is 2.03. The fraction of sp³-hybridized carbons (Fsp3) is 0.273. The first-order valence-electron chi connectivity index (χ1n) is 9.59. The summed E-state index contributed by atoms with van der Waals surface area (Å²) in [5, 5.41) is 8.96. The van der Waals surface area contributed by atoms with Gasteiger partial charge < -0.3 is 19.1 Å². The molecule has 1 atom stereocenters. The van der Waals surface area contributed by atoms with Crippen LogP contribution in [0, 0.1) is 5.82 Å². The fourth-order valence-corrected chi connectivity index (χ4v) is 4.36. The smallest absolute Gasteiger partial charge is 0.488 e. The molecule has 1 aromatic heterocycles. The normalized spacial score (nSPS) is 17.6. The van der Waals surface area contributed by atoms with Crippen LogP contribution in [0.5, 0.6) is 11.5 Å². The zero-order valence-electron chi connectivity index (χ0n) is 16.4. The molecule has 3 heterocycles. The summed E-state index contributed by atoms with van der Waals surface area (Å²) in [6.45, 7) is 3.75. The minimum absolute atomic E-state index is 0.0254. The van der Waals surface area contributed by atoms with Gasteiger partial charge in [0.15, 0.2) is 11.5 Å². The third kappa shape index (κ3) is 2.75. The molecule has 1 N–H and O–H groups in total. The molecule has 0 saturated carbocycles. The van der Waals surface area contributed by atoms with Crippen LogP contribution in [-0.2, 0) is 13.1 Å². The van der Waals surface area contributed by atoms with Crippen molar-refractivity contribution in [2.45, 2.75) is 26.1 Å². The van der Waals surface area contributed by atoms with Crippen LogP contribution in [0.1, 0.15) is 24.1 Å². The quantitative estimate of drug-likeness (QED) is 0.648. The van der Waals surface area contributed by atoms with Gasteiger partial charge in [-0.3, -0.25) is 9.69 Å². The molecule has 2 aliphatic rings. The van der Waals surface area contributed by atoms with Gasteiger partial charge in [0.05, 0.1) is 28.7 Å². The van der Waals surface area contributed by atoms with Crippen molar-refractivity contribution in [2.24, 2.45) is 0 Å². The topological polar surface area (TPSA) is 81.0 Å². The molecule has 0 aliphatic carbocycles. The summed E-state index contributed by atoms with van der Waals surface area (Å²) < 4.78 is 27.6. The number of pyridine rings is 1. The van der Waals surface area contributed by atoms with Gasteiger partial charge in [0.25, 0.3) is 0 Å². The number of carbonyl (C=O) groups is 1. The molecule has 2 aliphatic heterocycles. The number of benzene rings is 2. The lowest BCUT2D eigenvalue weighted by molar-refractivity contribution is 0.143. The summed E-state index contributed by atoms with van der Waals surface area (Å²) in [6.07, 6.45) is -0.242. The van der Waals surface area contributed by atoms with Gasteiger partial charge in [-0.1, -0.05) is 12.1 Å². The van der Waals surface area contributed by atoms with E-state index in [-0.39, 0.29) is 29.5 Å². The van der Waals surface area contributed by atoms with Crippen LogP contribution in [0.4, 0.5) is 9.18 Å². The molecule has 0 bridgehead atoms. The number of rotatable bonds is 2. The molecule has 7 nitrogen and oxygen atoms in total. The van der Waals surface area contributed by atoms with Crippen molar-refractivity contribution in [3.8, 4) is 22.6 Å². The standard InChI is InChI=1S/C22H19FN2O5/c1-11-10-29-21-18(12-3-4-13-7-24(2)8-14(13)5-12)16(23)6-15-19(21)25(11)9-17(20(15)26)30-22(27)28/h3-6,9,11H,7-8,10H2,1-2H3,(H,27,28)/t11-/m0/s1. The predicted octanol–water partition coefficient (Wildman–Crippen LogP) is 3.76. The maximum atomic E-state index is 15.3. The van der Waals surface area contributed by atoms with Crippen LogP contribution >= 0.6 is 0 Å². The first-order chi connectivity index (χ1) is 14.3. The van der Waals surface area contributed by atoms with Gasteiger partial charge in [-0.2, -0.15) is 0 Å². The van der Waals surface area contributed by atoms with Gasteiger partial charge in [-0.25, -0.2) is 9.18 Å². The zero-order chi connectivity index (χ0) is 21.2. The molecule has 154 valence electrons. The second kappa shape index (κ2) is 6.56. The third-order valence-corrected chi connectivity index (χ3v) is 5.71. The molecule has 5 rings (SSSR count). The van der Waals surface area contributed by atoms with Crippen molar-refractivity contribution < 1.29 is 23.8 Å². The van der Waals surface area contributed by atoms with E-state index in [0.29, 0.717) is 16.6 Å². The van der Waals surface area contributed by atoms with Crippen molar-refractivity contribution in [3.05, 3.63) is 57.6 Å². The third-order valence-electron chi connectivity index (χ3n) is 5.71. The first kappa shape index (κ1) is 18.6. The van der Waals surface area contributed by atoms with Crippen LogP contribution in [0.15, 0.2) is 35.3 Å². The maximum Gasteiger partial charge on any atom is 0.511 e. The van der Waals surface area contributed by atoms with Gasteiger partial charge in [0, 0.05) is 13.1 Å². The zero-order valence-corrected chi connectivity index (χ0v) is 16.4. The van der Waals surface area contributed by atoms with Gasteiger partial charge in [0.2, 0.25) is 5.43 Å². The summed E-state index contributed by atoms with van der Waals surface area (Å²) in [5.74, 6) is -0.676. The van der Waals surface area contributed by atoms with Crippen LogP contribution in [0.2, 0.25) is 0 Å². The van der Waals surface area contributed by atoms with E-state index in [4.69, 9.17) is 9.84 Å². The number of nitrogens with zero attached hydrogens (tertiary/aromatic N) is 2. The largest absolute Gasteiger partial charge is 0.511 e. The molecule has 3 aromatic rings. The van der Waals surface area contributed by atoms with E-state index in [2.05, 4.69) is 9.64 Å². The fourth-order valence-electron chi connectivity index (χ4n) is 4.36. The Labute approximate surface area is 170 Å². The van der Waals surface area contributed by atoms with Gasteiger partial charge in [0.1, 0.15) is 12.4 Å². The highest BCUT2D eigenvalue weighted by Crippen LogP contribution is 2.43. The van der Waals surface area contributed by atoms with Crippen LogP contribution in [0.25, 0.3) is 22.0 Å². The number of carboxylic acid groups (broad SMARTS) is 1. The van der Waals surface area contributed by atoms with Crippen molar-refractivity contribution >= 4 is 17.1 Å². The molecule has 2 aromatic carbocycles. The van der Waals surface area contributed by atoms with Gasteiger partial charge in [-0.15, -0.1) is 0 Å². The Kier molecular flexibility index (Phi) is 4.08. The number of hydrogen-bond acceptors (Lipinski definition) is 5. The lowest BCUT2D eigenvalue weighted by Crippen LogP contribution is -2.25. The van der Waals surface area contributed by atoms with Crippen LogP contribution in [0.3, 0.4) is 0 Å². The van der Waals surface area contributed by atoms with Crippen molar-refractivity contribution in [1.29, 1.82) is 0 Å². The average Bonchev–Trinajstić information content (AvgIpc) is 3.06. The van der Waals surface area contributed by atoms with E-state index in [0.717, 1.165) is 24.7 Å². The molecule has 8 heteroatoms. The number of halogens is 1. The molecule has 0 fully saturated rings. The summed E-state index contributed by atoms with van der Waals surface area (Å²) in [6, 6.07) is 6.77.